The van der Waals surface area contributed by atoms with E-state index < -0.39 is 5.97 Å². The maximum atomic E-state index is 12.2. The quantitative estimate of drug-likeness (QED) is 0.120. The van der Waals surface area contributed by atoms with Gasteiger partial charge in [0.1, 0.15) is 11.4 Å². The summed E-state index contributed by atoms with van der Waals surface area (Å²) in [5.41, 5.74) is 5.74. The predicted molar refractivity (Wildman–Crippen MR) is 133 cm³/mol. The van der Waals surface area contributed by atoms with E-state index in [9.17, 15) is 4.79 Å². The van der Waals surface area contributed by atoms with E-state index >= 15 is 0 Å². The van der Waals surface area contributed by atoms with Crippen LogP contribution in [0.3, 0.4) is 0 Å². The second kappa shape index (κ2) is 11.0. The van der Waals surface area contributed by atoms with Crippen LogP contribution in [0, 0.1) is 0 Å². The molecule has 6 nitrogen and oxygen atoms in total. The van der Waals surface area contributed by atoms with E-state index in [0.29, 0.717) is 22.8 Å². The highest BCUT2D eigenvalue weighted by Crippen LogP contribution is 2.16. The summed E-state index contributed by atoms with van der Waals surface area (Å²) in [5, 5.41) is 4.30. The van der Waals surface area contributed by atoms with Crippen LogP contribution in [0.5, 0.6) is 5.75 Å². The standard InChI is InChI=1S/C26H19BrN4O2/c27-21-13-11-20(12-14-21)26(32)33-23-15-9-19(10-16-23)18-29-31-25(24-8-4-5-17-28-24)30-22-6-2-1-3-7-22/h1-18H,(H,30,31). The average Bonchev–Trinajstić information content (AvgIpc) is 2.86. The van der Waals surface area contributed by atoms with Crippen molar-refractivity contribution in [3.8, 4) is 5.75 Å². The number of aliphatic imine (C=N–C) groups is 1. The van der Waals surface area contributed by atoms with E-state index in [4.69, 9.17) is 4.74 Å². The first-order chi connectivity index (χ1) is 16.2. The Morgan fingerprint density at radius 2 is 1.61 bits per heavy atom. The average molecular weight is 499 g/mol. The largest absolute Gasteiger partial charge is 0.423 e. The smallest absolute Gasteiger partial charge is 0.343 e. The number of hydrazone groups is 1. The number of halogens is 1. The van der Waals surface area contributed by atoms with Crippen molar-refractivity contribution >= 4 is 39.6 Å². The molecule has 1 heterocycles. The van der Waals surface area contributed by atoms with E-state index in [2.05, 4.69) is 36.4 Å². The van der Waals surface area contributed by atoms with E-state index in [1.165, 1.54) is 0 Å². The van der Waals surface area contributed by atoms with Crippen molar-refractivity contribution < 1.29 is 9.53 Å². The van der Waals surface area contributed by atoms with E-state index in [-0.39, 0.29) is 0 Å². The van der Waals surface area contributed by atoms with Crippen LogP contribution >= 0.6 is 15.9 Å². The van der Waals surface area contributed by atoms with Gasteiger partial charge in [0.2, 0.25) is 0 Å². The van der Waals surface area contributed by atoms with Gasteiger partial charge < -0.3 is 4.74 Å². The molecule has 162 valence electrons. The molecule has 3 aromatic carbocycles. The van der Waals surface area contributed by atoms with Crippen molar-refractivity contribution in [1.82, 2.24) is 10.4 Å². The number of carbonyl (C=O) groups is 1. The van der Waals surface area contributed by atoms with Gasteiger partial charge in [-0.05, 0) is 78.4 Å². The van der Waals surface area contributed by atoms with E-state index in [1.54, 1.807) is 48.8 Å². The number of amidine groups is 1. The van der Waals surface area contributed by atoms with Crippen LogP contribution in [-0.4, -0.2) is 23.0 Å². The molecule has 0 fully saturated rings. The van der Waals surface area contributed by atoms with Crippen molar-refractivity contribution in [3.63, 3.8) is 0 Å². The number of carbonyl (C=O) groups excluding carboxylic acids is 1. The van der Waals surface area contributed by atoms with Crippen LogP contribution in [0.4, 0.5) is 5.69 Å². The molecule has 4 rings (SSSR count). The molecule has 0 bridgehead atoms. The monoisotopic (exact) mass is 498 g/mol. The minimum atomic E-state index is -0.414. The number of ether oxygens (including phenoxy) is 1. The number of hydrogen-bond donors (Lipinski definition) is 1. The van der Waals surface area contributed by atoms with Gasteiger partial charge in [-0.15, -0.1) is 0 Å². The molecule has 0 spiro atoms. The Bertz CT molecular complexity index is 1260. The van der Waals surface area contributed by atoms with Crippen molar-refractivity contribution in [2.45, 2.75) is 0 Å². The number of benzene rings is 3. The third-order valence-electron chi connectivity index (χ3n) is 4.46. The zero-order valence-electron chi connectivity index (χ0n) is 17.4. The van der Waals surface area contributed by atoms with Crippen molar-refractivity contribution in [1.29, 1.82) is 0 Å². The first-order valence-corrected chi connectivity index (χ1v) is 10.9. The van der Waals surface area contributed by atoms with Gasteiger partial charge in [0.15, 0.2) is 5.84 Å². The second-order valence-electron chi connectivity index (χ2n) is 6.85. The molecule has 33 heavy (non-hydrogen) atoms. The van der Waals surface area contributed by atoms with Crippen LogP contribution < -0.4 is 10.2 Å². The summed E-state index contributed by atoms with van der Waals surface area (Å²) in [6.45, 7) is 0. The Kier molecular flexibility index (Phi) is 7.35. The molecule has 0 aliphatic heterocycles. The lowest BCUT2D eigenvalue weighted by Crippen LogP contribution is -2.20. The van der Waals surface area contributed by atoms with Crippen LogP contribution in [0.15, 0.2) is 118 Å². The Morgan fingerprint density at radius 3 is 2.30 bits per heavy atom. The van der Waals surface area contributed by atoms with Gasteiger partial charge in [-0.1, -0.05) is 40.2 Å². The number of hydrogen-bond acceptors (Lipinski definition) is 5. The molecular formula is C26H19BrN4O2. The molecule has 7 heteroatoms. The summed E-state index contributed by atoms with van der Waals surface area (Å²) in [6, 6.07) is 29.2. The zero-order valence-corrected chi connectivity index (χ0v) is 19.0. The normalized spacial score (nSPS) is 11.4. The fourth-order valence-corrected chi connectivity index (χ4v) is 3.08. The fraction of sp³-hybridized carbons (Fsp3) is 0. The highest BCUT2D eigenvalue weighted by Gasteiger charge is 2.08. The molecule has 0 unspecified atom stereocenters. The number of pyridine rings is 1. The maximum absolute atomic E-state index is 12.2. The van der Waals surface area contributed by atoms with Gasteiger partial charge in [0.05, 0.1) is 17.5 Å². The molecule has 1 aromatic heterocycles. The molecule has 0 aliphatic carbocycles. The lowest BCUT2D eigenvalue weighted by atomic mass is 10.2. The van der Waals surface area contributed by atoms with Gasteiger partial charge in [-0.25, -0.2) is 9.79 Å². The Hall–Kier alpha value is -4.10. The molecule has 0 saturated carbocycles. The number of nitrogens with one attached hydrogen (secondary N) is 1. The summed E-state index contributed by atoms with van der Waals surface area (Å²) >= 11 is 3.35. The first kappa shape index (κ1) is 22.1. The van der Waals surface area contributed by atoms with Crippen molar-refractivity contribution in [2.75, 3.05) is 0 Å². The molecule has 0 amide bonds. The third-order valence-corrected chi connectivity index (χ3v) is 4.99. The molecule has 0 radical (unpaired) electrons. The summed E-state index contributed by atoms with van der Waals surface area (Å²) in [6.07, 6.45) is 3.36. The van der Waals surface area contributed by atoms with Gasteiger partial charge in [-0.3, -0.25) is 10.4 Å². The predicted octanol–water partition coefficient (Wildman–Crippen LogP) is 5.77. The number of rotatable bonds is 6. The number of aromatic nitrogens is 1. The topological polar surface area (TPSA) is 75.9 Å². The molecule has 4 aromatic rings. The number of esters is 1. The van der Waals surface area contributed by atoms with Crippen LogP contribution in [0.25, 0.3) is 0 Å². The maximum Gasteiger partial charge on any atom is 0.343 e. The van der Waals surface area contributed by atoms with Crippen molar-refractivity contribution in [3.05, 3.63) is 125 Å². The molecular weight excluding hydrogens is 480 g/mol. The lowest BCUT2D eigenvalue weighted by molar-refractivity contribution is 0.0734. The minimum Gasteiger partial charge on any atom is -0.423 e. The molecule has 0 saturated heterocycles. The summed E-state index contributed by atoms with van der Waals surface area (Å²) in [5.74, 6) is 0.564. The zero-order chi connectivity index (χ0) is 22.9. The number of nitrogens with zero attached hydrogens (tertiary/aromatic N) is 3. The summed E-state index contributed by atoms with van der Waals surface area (Å²) in [7, 11) is 0. The minimum absolute atomic E-state index is 0.414. The molecule has 1 N–H and O–H groups in total. The van der Waals surface area contributed by atoms with Crippen LogP contribution in [0.1, 0.15) is 21.6 Å². The van der Waals surface area contributed by atoms with Gasteiger partial charge in [0.25, 0.3) is 0 Å². The highest BCUT2D eigenvalue weighted by molar-refractivity contribution is 9.10. The second-order valence-corrected chi connectivity index (χ2v) is 7.76. The summed E-state index contributed by atoms with van der Waals surface area (Å²) in [4.78, 5) is 21.2. The van der Waals surface area contributed by atoms with Gasteiger partial charge in [-0.2, -0.15) is 5.10 Å². The van der Waals surface area contributed by atoms with Gasteiger partial charge >= 0.3 is 5.97 Å². The first-order valence-electron chi connectivity index (χ1n) is 10.1. The van der Waals surface area contributed by atoms with Crippen molar-refractivity contribution in [2.24, 2.45) is 10.1 Å². The lowest BCUT2D eigenvalue weighted by Gasteiger charge is -2.06. The molecule has 0 atom stereocenters. The fourth-order valence-electron chi connectivity index (χ4n) is 2.82. The van der Waals surface area contributed by atoms with Crippen LogP contribution in [0.2, 0.25) is 0 Å². The van der Waals surface area contributed by atoms with E-state index in [0.717, 1.165) is 15.7 Å². The Balaban J connectivity index is 1.42. The Labute approximate surface area is 199 Å². The Morgan fingerprint density at radius 1 is 0.879 bits per heavy atom. The highest BCUT2D eigenvalue weighted by atomic mass is 79.9. The summed E-state index contributed by atoms with van der Waals surface area (Å²) < 4.78 is 6.32. The SMILES string of the molecule is O=C(Oc1ccc(C=NNC(=Nc2ccccc2)c2ccccn2)cc1)c1ccc(Br)cc1. The van der Waals surface area contributed by atoms with Crippen LogP contribution in [-0.2, 0) is 0 Å². The third kappa shape index (κ3) is 6.44. The van der Waals surface area contributed by atoms with E-state index in [1.807, 2.05) is 60.7 Å². The molecule has 0 aliphatic rings. The van der Waals surface area contributed by atoms with Gasteiger partial charge in [0, 0.05) is 10.7 Å². The number of para-hydroxylation sites is 1.